The lowest BCUT2D eigenvalue weighted by molar-refractivity contribution is 0.0173. The van der Waals surface area contributed by atoms with Gasteiger partial charge < -0.3 is 9.57 Å². The Morgan fingerprint density at radius 2 is 2.06 bits per heavy atom. The van der Waals surface area contributed by atoms with Gasteiger partial charge in [-0.3, -0.25) is 0 Å². The van der Waals surface area contributed by atoms with Crippen molar-refractivity contribution in [2.75, 3.05) is 13.7 Å². The fourth-order valence-corrected chi connectivity index (χ4v) is 1.42. The zero-order valence-corrected chi connectivity index (χ0v) is 9.30. The first-order valence-electron chi connectivity index (χ1n) is 4.86. The average Bonchev–Trinajstić information content (AvgIpc) is 2.24. The van der Waals surface area contributed by atoms with Gasteiger partial charge in [0.2, 0.25) is 0 Å². The maximum atomic E-state index is 13.1. The SMILES string of the molecule is COc1ccc(C(C)(F)F)cc1CCON. The van der Waals surface area contributed by atoms with Crippen molar-refractivity contribution in [2.24, 2.45) is 5.90 Å². The molecule has 0 saturated heterocycles. The second-order valence-electron chi connectivity index (χ2n) is 3.54. The fourth-order valence-electron chi connectivity index (χ4n) is 1.42. The van der Waals surface area contributed by atoms with E-state index >= 15 is 0 Å². The van der Waals surface area contributed by atoms with Crippen LogP contribution in [0.3, 0.4) is 0 Å². The summed E-state index contributed by atoms with van der Waals surface area (Å²) in [5, 5.41) is 0. The summed E-state index contributed by atoms with van der Waals surface area (Å²) in [7, 11) is 1.49. The van der Waals surface area contributed by atoms with Crippen LogP contribution in [0.25, 0.3) is 0 Å². The molecule has 0 unspecified atom stereocenters. The van der Waals surface area contributed by atoms with Gasteiger partial charge in [0, 0.05) is 18.9 Å². The molecular formula is C11H15F2NO2. The van der Waals surface area contributed by atoms with Crippen LogP contribution in [0.1, 0.15) is 18.1 Å². The lowest BCUT2D eigenvalue weighted by Gasteiger charge is -2.14. The molecule has 3 nitrogen and oxygen atoms in total. The molecule has 0 bridgehead atoms. The lowest BCUT2D eigenvalue weighted by atomic mass is 10.0. The molecule has 0 amide bonds. The molecular weight excluding hydrogens is 216 g/mol. The molecule has 5 heteroatoms. The number of alkyl halides is 2. The van der Waals surface area contributed by atoms with Gasteiger partial charge in [0.1, 0.15) is 5.75 Å². The zero-order chi connectivity index (χ0) is 12.2. The third kappa shape index (κ3) is 3.15. The predicted octanol–water partition coefficient (Wildman–Crippen LogP) is 2.24. The minimum absolute atomic E-state index is 0.0414. The highest BCUT2D eigenvalue weighted by atomic mass is 19.3. The lowest BCUT2D eigenvalue weighted by Crippen LogP contribution is -2.10. The highest BCUT2D eigenvalue weighted by Gasteiger charge is 2.25. The zero-order valence-electron chi connectivity index (χ0n) is 9.30. The van der Waals surface area contributed by atoms with E-state index in [-0.39, 0.29) is 12.2 Å². The summed E-state index contributed by atoms with van der Waals surface area (Å²) >= 11 is 0. The Labute approximate surface area is 93.1 Å². The number of benzene rings is 1. The number of ether oxygens (including phenoxy) is 1. The van der Waals surface area contributed by atoms with Crippen molar-refractivity contribution in [3.63, 3.8) is 0 Å². The predicted molar refractivity (Wildman–Crippen MR) is 56.4 cm³/mol. The fraction of sp³-hybridized carbons (Fsp3) is 0.455. The quantitative estimate of drug-likeness (QED) is 0.790. The first kappa shape index (κ1) is 12.9. The van der Waals surface area contributed by atoms with Gasteiger partial charge in [-0.25, -0.2) is 14.7 Å². The van der Waals surface area contributed by atoms with Crippen LogP contribution in [-0.4, -0.2) is 13.7 Å². The molecule has 90 valence electrons. The summed E-state index contributed by atoms with van der Waals surface area (Å²) in [6.45, 7) is 1.12. The first-order chi connectivity index (χ1) is 7.49. The molecule has 0 fully saturated rings. The minimum atomic E-state index is -2.86. The smallest absolute Gasteiger partial charge is 0.270 e. The van der Waals surface area contributed by atoms with Crippen molar-refractivity contribution in [1.82, 2.24) is 0 Å². The van der Waals surface area contributed by atoms with Gasteiger partial charge in [-0.15, -0.1) is 0 Å². The van der Waals surface area contributed by atoms with Gasteiger partial charge in [-0.2, -0.15) is 0 Å². The Morgan fingerprint density at radius 3 is 2.56 bits per heavy atom. The highest BCUT2D eigenvalue weighted by Crippen LogP contribution is 2.30. The van der Waals surface area contributed by atoms with Crippen molar-refractivity contribution >= 4 is 0 Å². The molecule has 1 aromatic rings. The standard InChI is InChI=1S/C11H15F2NO2/c1-11(12,13)9-3-4-10(15-2)8(7-9)5-6-16-14/h3-4,7H,5-6,14H2,1-2H3. The van der Waals surface area contributed by atoms with Crippen LogP contribution >= 0.6 is 0 Å². The molecule has 0 atom stereocenters. The average molecular weight is 231 g/mol. The van der Waals surface area contributed by atoms with E-state index in [1.807, 2.05) is 0 Å². The van der Waals surface area contributed by atoms with Crippen molar-refractivity contribution in [3.8, 4) is 5.75 Å². The molecule has 1 rings (SSSR count). The van der Waals surface area contributed by atoms with Crippen LogP contribution in [0.4, 0.5) is 8.78 Å². The number of halogens is 2. The second-order valence-corrected chi connectivity index (χ2v) is 3.54. The monoisotopic (exact) mass is 231 g/mol. The second kappa shape index (κ2) is 5.23. The third-order valence-electron chi connectivity index (χ3n) is 2.28. The first-order valence-corrected chi connectivity index (χ1v) is 4.86. The van der Waals surface area contributed by atoms with Crippen LogP contribution in [0.5, 0.6) is 5.75 Å². The number of methoxy groups -OCH3 is 1. The summed E-state index contributed by atoms with van der Waals surface area (Å²) < 4.78 is 31.3. The van der Waals surface area contributed by atoms with E-state index in [2.05, 4.69) is 4.84 Å². The van der Waals surface area contributed by atoms with Gasteiger partial charge >= 0.3 is 0 Å². The van der Waals surface area contributed by atoms with Crippen molar-refractivity contribution in [3.05, 3.63) is 29.3 Å². The van der Waals surface area contributed by atoms with Crippen LogP contribution in [0.2, 0.25) is 0 Å². The van der Waals surface area contributed by atoms with Crippen LogP contribution in [-0.2, 0) is 17.2 Å². The van der Waals surface area contributed by atoms with Gasteiger partial charge in [0.15, 0.2) is 0 Å². The van der Waals surface area contributed by atoms with Crippen molar-refractivity contribution in [2.45, 2.75) is 19.3 Å². The maximum absolute atomic E-state index is 13.1. The normalized spacial score (nSPS) is 11.6. The van der Waals surface area contributed by atoms with E-state index in [1.54, 1.807) is 0 Å². The van der Waals surface area contributed by atoms with E-state index in [0.29, 0.717) is 17.7 Å². The molecule has 0 aliphatic carbocycles. The molecule has 0 spiro atoms. The molecule has 0 aliphatic rings. The topological polar surface area (TPSA) is 44.5 Å². The van der Waals surface area contributed by atoms with Gasteiger partial charge in [0.05, 0.1) is 13.7 Å². The molecule has 0 saturated carbocycles. The van der Waals surface area contributed by atoms with E-state index in [0.717, 1.165) is 6.92 Å². The largest absolute Gasteiger partial charge is 0.496 e. The molecule has 0 aromatic heterocycles. The molecule has 0 aliphatic heterocycles. The Kier molecular flexibility index (Phi) is 4.20. The van der Waals surface area contributed by atoms with Crippen molar-refractivity contribution < 1.29 is 18.4 Å². The summed E-state index contributed by atoms with van der Waals surface area (Å²) in [6, 6.07) is 4.29. The molecule has 1 aromatic carbocycles. The summed E-state index contributed by atoms with van der Waals surface area (Å²) in [6.07, 6.45) is 0.434. The summed E-state index contributed by atoms with van der Waals surface area (Å²) in [5.74, 6) is 2.61. The van der Waals surface area contributed by atoms with E-state index in [1.165, 1.54) is 25.3 Å². The molecule has 16 heavy (non-hydrogen) atoms. The Hall–Kier alpha value is -1.20. The highest BCUT2D eigenvalue weighted by molar-refractivity contribution is 5.38. The Balaban J connectivity index is 3.01. The number of hydrogen-bond acceptors (Lipinski definition) is 3. The number of nitrogens with two attached hydrogens (primary N) is 1. The van der Waals surface area contributed by atoms with Gasteiger partial charge in [-0.05, 0) is 23.8 Å². The minimum Gasteiger partial charge on any atom is -0.496 e. The van der Waals surface area contributed by atoms with Crippen LogP contribution in [0, 0.1) is 0 Å². The number of hydrogen-bond donors (Lipinski definition) is 1. The van der Waals surface area contributed by atoms with E-state index < -0.39 is 5.92 Å². The van der Waals surface area contributed by atoms with Gasteiger partial charge in [-0.1, -0.05) is 0 Å². The van der Waals surface area contributed by atoms with Crippen LogP contribution in [0.15, 0.2) is 18.2 Å². The molecule has 2 N–H and O–H groups in total. The van der Waals surface area contributed by atoms with Crippen molar-refractivity contribution in [1.29, 1.82) is 0 Å². The van der Waals surface area contributed by atoms with Gasteiger partial charge in [0.25, 0.3) is 5.92 Å². The van der Waals surface area contributed by atoms with E-state index in [9.17, 15) is 8.78 Å². The Bertz CT molecular complexity index is 350. The Morgan fingerprint density at radius 1 is 1.38 bits per heavy atom. The maximum Gasteiger partial charge on any atom is 0.270 e. The molecule has 0 heterocycles. The summed E-state index contributed by atoms with van der Waals surface area (Å²) in [5.41, 5.74) is 0.618. The summed E-state index contributed by atoms with van der Waals surface area (Å²) in [4.78, 5) is 4.43. The third-order valence-corrected chi connectivity index (χ3v) is 2.28. The molecule has 0 radical (unpaired) electrons. The van der Waals surface area contributed by atoms with Crippen LogP contribution < -0.4 is 10.6 Å². The van der Waals surface area contributed by atoms with E-state index in [4.69, 9.17) is 10.6 Å². The number of rotatable bonds is 5.